The van der Waals surface area contributed by atoms with Crippen molar-refractivity contribution in [2.24, 2.45) is 0 Å². The molecule has 11 rings (SSSR count). The molecule has 0 aromatic heterocycles. The molecule has 0 aliphatic carbocycles. The third-order valence-corrected chi connectivity index (χ3v) is 16.2. The van der Waals surface area contributed by atoms with Crippen LogP contribution >= 0.6 is 15.9 Å². The number of carbonyl (C=O) groups is 1. The van der Waals surface area contributed by atoms with E-state index in [0.717, 1.165) is 108 Å². The summed E-state index contributed by atoms with van der Waals surface area (Å²) in [7, 11) is 9.72. The number of halogens is 5. The third-order valence-electron chi connectivity index (χ3n) is 15.7. The van der Waals surface area contributed by atoms with Gasteiger partial charge in [0.2, 0.25) is 0 Å². The number of carboxylic acid groups (broad SMARTS) is 1. The van der Waals surface area contributed by atoms with Crippen LogP contribution in [0.1, 0.15) is 60.4 Å². The van der Waals surface area contributed by atoms with Crippen LogP contribution in [-0.2, 0) is 25.7 Å². The van der Waals surface area contributed by atoms with Crippen LogP contribution in [0, 0.1) is 44.0 Å². The lowest BCUT2D eigenvalue weighted by Gasteiger charge is -2.13. The van der Waals surface area contributed by atoms with Gasteiger partial charge in [0.1, 0.15) is 23.3 Å². The molecule has 0 heterocycles. The smallest absolute Gasteiger partial charge is 0.337 e. The van der Waals surface area contributed by atoms with Gasteiger partial charge in [-0.25, -0.2) is 22.4 Å². The zero-order chi connectivity index (χ0) is 70.8. The van der Waals surface area contributed by atoms with E-state index in [1.54, 1.807) is 103 Å². The molecule has 11 aromatic carbocycles. The quantitative estimate of drug-likeness (QED) is 0.0308. The molecule has 0 bridgehead atoms. The minimum absolute atomic E-state index is 0.157. The molecule has 12 nitrogen and oxygen atoms in total. The molecule has 17 heteroatoms. The third kappa shape index (κ3) is 22.5. The van der Waals surface area contributed by atoms with Crippen LogP contribution < -0.4 is 49.7 Å². The summed E-state index contributed by atoms with van der Waals surface area (Å²) in [5.74, 6) is 2.15. The molecule has 0 radical (unpaired) electrons. The number of ether oxygens (including phenoxy) is 6. The number of aromatic carboxylic acids is 1. The molecule has 0 unspecified atom stereocenters. The molecular formula is C82H79BrF4N4O8. The van der Waals surface area contributed by atoms with Gasteiger partial charge in [0, 0.05) is 44.3 Å². The number of rotatable bonds is 23. The van der Waals surface area contributed by atoms with E-state index in [2.05, 4.69) is 86.6 Å². The first-order valence-corrected chi connectivity index (χ1v) is 32.4. The van der Waals surface area contributed by atoms with Gasteiger partial charge in [-0.3, -0.25) is 0 Å². The molecule has 0 aliphatic heterocycles. The second-order valence-electron chi connectivity index (χ2n) is 22.7. The Bertz CT molecular complexity index is 4480. The number of carboxylic acids is 1. The van der Waals surface area contributed by atoms with Crippen molar-refractivity contribution >= 4 is 79.6 Å². The molecular weight excluding hydrogens is 1320 g/mol. The first-order chi connectivity index (χ1) is 47.8. The lowest BCUT2D eigenvalue weighted by molar-refractivity contribution is 0.0698. The van der Waals surface area contributed by atoms with Crippen LogP contribution in [0.3, 0.4) is 0 Å². The highest BCUT2D eigenvalue weighted by molar-refractivity contribution is 9.10. The molecule has 99 heavy (non-hydrogen) atoms. The first-order valence-electron chi connectivity index (χ1n) is 31.6. The van der Waals surface area contributed by atoms with Gasteiger partial charge >= 0.3 is 5.97 Å². The Morgan fingerprint density at radius 2 is 0.636 bits per heavy atom. The molecule has 510 valence electrons. The monoisotopic (exact) mass is 1400 g/mol. The fourth-order valence-electron chi connectivity index (χ4n) is 10.2. The maximum Gasteiger partial charge on any atom is 0.337 e. The fraction of sp³-hybridized carbons (Fsp3) is 0.159. The Balaban J connectivity index is 0.000000171. The Morgan fingerprint density at radius 3 is 1.04 bits per heavy atom. The number of benzene rings is 11. The van der Waals surface area contributed by atoms with Gasteiger partial charge in [0.25, 0.3) is 0 Å². The average Bonchev–Trinajstić information content (AvgIpc) is 2.04. The van der Waals surface area contributed by atoms with Gasteiger partial charge < -0.3 is 54.8 Å². The standard InChI is InChI=1S/C23H22FNO4.C23H24FNO2.C23H22FNO2.C13H11BrFN/c1-28-21-12-6-16(14-22(21)29-2)4-3-15-5-11-19(23(26)27)20(13-15)25-18-9-7-17(24)8-10-18;2*1-16-4-5-17(14-21(16)25-20-11-9-19(24)10-12-20)6-7-18-8-13-22(26-2)23(15-18)27-3;1-9-2-3-10(14)8-13(9)16-12-6-4-11(15)5-7-12/h5-14,25H,3-4H2,1-2H3,(H,26,27);4-5,8-15,25H,6-7H2,1-3H3;4-15,25H,1-3H3;2-8,16H,1H3/b;;7-6+;. The zero-order valence-corrected chi connectivity index (χ0v) is 58.1. The zero-order valence-electron chi connectivity index (χ0n) is 56.5. The summed E-state index contributed by atoms with van der Waals surface area (Å²) in [5.41, 5.74) is 16.8. The Hall–Kier alpha value is -11.2. The molecule has 0 fully saturated rings. The minimum Gasteiger partial charge on any atom is -0.493 e. The van der Waals surface area contributed by atoms with E-state index in [-0.39, 0.29) is 28.8 Å². The number of anilines is 8. The predicted octanol–water partition coefficient (Wildman–Crippen LogP) is 21.5. The number of nitrogens with one attached hydrogen (secondary N) is 4. The lowest BCUT2D eigenvalue weighted by atomic mass is 10.0. The van der Waals surface area contributed by atoms with Crippen LogP contribution in [0.5, 0.6) is 34.5 Å². The summed E-state index contributed by atoms with van der Waals surface area (Å²) in [6.45, 7) is 6.12. The molecule has 0 atom stereocenters. The highest BCUT2D eigenvalue weighted by atomic mass is 79.9. The Labute approximate surface area is 585 Å². The van der Waals surface area contributed by atoms with Crippen molar-refractivity contribution in [3.05, 3.63) is 308 Å². The largest absolute Gasteiger partial charge is 0.493 e. The number of hydrogen-bond donors (Lipinski definition) is 5. The van der Waals surface area contributed by atoms with Crippen LogP contribution in [0.15, 0.2) is 229 Å². The van der Waals surface area contributed by atoms with Crippen molar-refractivity contribution < 1.29 is 55.9 Å². The average molecular weight is 1400 g/mol. The van der Waals surface area contributed by atoms with Crippen LogP contribution in [0.25, 0.3) is 12.2 Å². The van der Waals surface area contributed by atoms with Crippen molar-refractivity contribution in [2.75, 3.05) is 63.9 Å². The maximum absolute atomic E-state index is 13.1. The summed E-state index contributed by atoms with van der Waals surface area (Å²) in [6.07, 6.45) is 7.34. The number of hydrogen-bond acceptors (Lipinski definition) is 11. The minimum atomic E-state index is -1.03. The van der Waals surface area contributed by atoms with Gasteiger partial charge in [-0.2, -0.15) is 0 Å². The van der Waals surface area contributed by atoms with Crippen LogP contribution in [-0.4, -0.2) is 53.7 Å². The van der Waals surface area contributed by atoms with E-state index in [1.165, 1.54) is 59.7 Å². The summed E-state index contributed by atoms with van der Waals surface area (Å²) >= 11 is 3.42. The summed E-state index contributed by atoms with van der Waals surface area (Å²) < 4.78 is 84.9. The second kappa shape index (κ2) is 36.8. The van der Waals surface area contributed by atoms with Crippen molar-refractivity contribution in [3.8, 4) is 34.5 Å². The van der Waals surface area contributed by atoms with E-state index in [1.807, 2.05) is 98.8 Å². The molecule has 5 N–H and O–H groups in total. The van der Waals surface area contributed by atoms with Gasteiger partial charge in [0.15, 0.2) is 34.5 Å². The van der Waals surface area contributed by atoms with Crippen molar-refractivity contribution in [1.29, 1.82) is 0 Å². The Morgan fingerprint density at radius 1 is 0.343 bits per heavy atom. The van der Waals surface area contributed by atoms with Crippen LogP contribution in [0.2, 0.25) is 0 Å². The van der Waals surface area contributed by atoms with Gasteiger partial charge in [-0.15, -0.1) is 0 Å². The number of methoxy groups -OCH3 is 6. The number of aryl methyl sites for hydroxylation is 7. The molecule has 0 amide bonds. The van der Waals surface area contributed by atoms with E-state index in [0.29, 0.717) is 40.8 Å². The molecule has 0 saturated carbocycles. The van der Waals surface area contributed by atoms with E-state index in [4.69, 9.17) is 28.4 Å². The van der Waals surface area contributed by atoms with Gasteiger partial charge in [-0.1, -0.05) is 82.7 Å². The van der Waals surface area contributed by atoms with E-state index in [9.17, 15) is 27.5 Å². The van der Waals surface area contributed by atoms with Gasteiger partial charge in [-0.05, 0) is 266 Å². The second-order valence-corrected chi connectivity index (χ2v) is 23.6. The summed E-state index contributed by atoms with van der Waals surface area (Å²) in [4.78, 5) is 11.6. The molecule has 11 aromatic rings. The van der Waals surface area contributed by atoms with Crippen LogP contribution in [0.4, 0.5) is 63.1 Å². The highest BCUT2D eigenvalue weighted by Crippen LogP contribution is 2.33. The summed E-state index contributed by atoms with van der Waals surface area (Å²) in [5, 5.41) is 22.5. The Kier molecular flexibility index (Phi) is 27.4. The maximum atomic E-state index is 13.1. The van der Waals surface area contributed by atoms with E-state index < -0.39 is 5.97 Å². The predicted molar refractivity (Wildman–Crippen MR) is 396 cm³/mol. The van der Waals surface area contributed by atoms with Crippen molar-refractivity contribution in [3.63, 3.8) is 0 Å². The summed E-state index contributed by atoms with van der Waals surface area (Å²) in [6, 6.07) is 66.2. The van der Waals surface area contributed by atoms with E-state index >= 15 is 0 Å². The topological polar surface area (TPSA) is 141 Å². The normalized spacial score (nSPS) is 10.5. The van der Waals surface area contributed by atoms with Crippen molar-refractivity contribution in [1.82, 2.24) is 0 Å². The lowest BCUT2D eigenvalue weighted by Crippen LogP contribution is -2.04. The molecule has 0 aliphatic rings. The first kappa shape index (κ1) is 73.6. The molecule has 0 spiro atoms. The molecule has 0 saturated heterocycles. The fourth-order valence-corrected chi connectivity index (χ4v) is 10.5. The SMILES string of the molecule is COc1ccc(/C=C/c2ccc(C)c(Nc3ccc(F)cc3)c2)cc1OC.COc1ccc(CCc2ccc(C(=O)O)c(Nc3ccc(F)cc3)c2)cc1OC.COc1ccc(CCc2ccc(C)c(Nc3ccc(F)cc3)c2)cc1OC.Cc1ccc(Br)cc1Nc1ccc(F)cc1. The highest BCUT2D eigenvalue weighted by Gasteiger charge is 2.14. The van der Waals surface area contributed by atoms with Crippen molar-refractivity contribution in [2.45, 2.75) is 46.5 Å². The van der Waals surface area contributed by atoms with Gasteiger partial charge in [0.05, 0.1) is 53.9 Å².